The molecule has 2 aromatic heterocycles. The van der Waals surface area contributed by atoms with Crippen molar-refractivity contribution in [2.75, 3.05) is 19.5 Å². The van der Waals surface area contributed by atoms with Crippen LogP contribution in [0.4, 0.5) is 5.13 Å². The van der Waals surface area contributed by atoms with Gasteiger partial charge in [-0.2, -0.15) is 0 Å². The second kappa shape index (κ2) is 6.97. The van der Waals surface area contributed by atoms with E-state index in [4.69, 9.17) is 9.15 Å². The summed E-state index contributed by atoms with van der Waals surface area (Å²) in [5, 5.41) is 20.1. The highest BCUT2D eigenvalue weighted by Crippen LogP contribution is 2.37. The Morgan fingerprint density at radius 1 is 1.17 bits per heavy atom. The summed E-state index contributed by atoms with van der Waals surface area (Å²) in [6.45, 7) is 2.00. The van der Waals surface area contributed by atoms with Gasteiger partial charge in [0.1, 0.15) is 5.75 Å². The minimum Gasteiger partial charge on any atom is -0.497 e. The highest BCUT2D eigenvalue weighted by molar-refractivity contribution is 8.01. The lowest BCUT2D eigenvalue weighted by molar-refractivity contribution is 0.415. The summed E-state index contributed by atoms with van der Waals surface area (Å²) in [4.78, 5) is 0. The van der Waals surface area contributed by atoms with E-state index in [-0.39, 0.29) is 5.25 Å². The Morgan fingerprint density at radius 2 is 1.96 bits per heavy atom. The van der Waals surface area contributed by atoms with Gasteiger partial charge in [-0.25, -0.2) is 0 Å². The summed E-state index contributed by atoms with van der Waals surface area (Å²) in [6.07, 6.45) is 0. The van der Waals surface area contributed by atoms with Crippen molar-refractivity contribution in [3.63, 3.8) is 0 Å². The monoisotopic (exact) mass is 349 g/mol. The van der Waals surface area contributed by atoms with Crippen LogP contribution in [0, 0.1) is 0 Å². The summed E-state index contributed by atoms with van der Waals surface area (Å²) in [6, 6.07) is 7.49. The molecule has 0 radical (unpaired) electrons. The Morgan fingerprint density at radius 3 is 2.61 bits per heavy atom. The smallest absolute Gasteiger partial charge is 0.247 e. The third kappa shape index (κ3) is 3.62. The topological polar surface area (TPSA) is 86.0 Å². The summed E-state index contributed by atoms with van der Waals surface area (Å²) >= 11 is 3.03. The quantitative estimate of drug-likeness (QED) is 0.677. The molecular weight excluding hydrogens is 334 g/mol. The SMILES string of the molecule is CNc1nnc(SC(C)c2nnc(-c3ccc(OC)cc3)o2)s1. The minimum atomic E-state index is -0.00726. The molecule has 7 nitrogen and oxygen atoms in total. The Balaban J connectivity index is 1.72. The molecular formula is C14H15N5O2S2. The second-order valence-electron chi connectivity index (χ2n) is 4.56. The van der Waals surface area contributed by atoms with Gasteiger partial charge in [0, 0.05) is 12.6 Å². The van der Waals surface area contributed by atoms with Crippen molar-refractivity contribution >= 4 is 28.2 Å². The van der Waals surface area contributed by atoms with Crippen LogP contribution in [0.5, 0.6) is 5.75 Å². The Kier molecular flexibility index (Phi) is 4.77. The Hall–Kier alpha value is -2.13. The van der Waals surface area contributed by atoms with Gasteiger partial charge in [0.05, 0.1) is 12.4 Å². The van der Waals surface area contributed by atoms with Crippen molar-refractivity contribution in [2.45, 2.75) is 16.5 Å². The molecule has 120 valence electrons. The predicted octanol–water partition coefficient (Wildman–Crippen LogP) is 3.49. The first-order chi connectivity index (χ1) is 11.2. The van der Waals surface area contributed by atoms with E-state index in [1.807, 2.05) is 38.2 Å². The maximum Gasteiger partial charge on any atom is 0.247 e. The van der Waals surface area contributed by atoms with E-state index in [0.717, 1.165) is 20.8 Å². The van der Waals surface area contributed by atoms with Gasteiger partial charge in [-0.3, -0.25) is 0 Å². The minimum absolute atomic E-state index is 0.00726. The molecule has 9 heteroatoms. The Bertz CT molecular complexity index is 772. The maximum absolute atomic E-state index is 5.77. The molecule has 0 spiro atoms. The number of hydrogen-bond donors (Lipinski definition) is 1. The first-order valence-electron chi connectivity index (χ1n) is 6.85. The van der Waals surface area contributed by atoms with Crippen LogP contribution >= 0.6 is 23.1 Å². The number of thioether (sulfide) groups is 1. The van der Waals surface area contributed by atoms with Gasteiger partial charge in [0.25, 0.3) is 0 Å². The highest BCUT2D eigenvalue weighted by Gasteiger charge is 2.18. The summed E-state index contributed by atoms with van der Waals surface area (Å²) in [7, 11) is 3.45. The van der Waals surface area contributed by atoms with Gasteiger partial charge in [-0.1, -0.05) is 23.1 Å². The highest BCUT2D eigenvalue weighted by atomic mass is 32.2. The molecule has 3 rings (SSSR count). The van der Waals surface area contributed by atoms with E-state index in [1.54, 1.807) is 7.11 Å². The lowest BCUT2D eigenvalue weighted by atomic mass is 10.2. The number of nitrogens with zero attached hydrogens (tertiary/aromatic N) is 4. The number of anilines is 1. The van der Waals surface area contributed by atoms with Gasteiger partial charge in [-0.15, -0.1) is 20.4 Å². The van der Waals surface area contributed by atoms with Crippen LogP contribution in [-0.4, -0.2) is 34.6 Å². The first-order valence-corrected chi connectivity index (χ1v) is 8.55. The number of ether oxygens (including phenoxy) is 1. The molecule has 0 saturated heterocycles. The lowest BCUT2D eigenvalue weighted by Crippen LogP contribution is -1.88. The summed E-state index contributed by atoms with van der Waals surface area (Å²) < 4.78 is 11.8. The molecule has 23 heavy (non-hydrogen) atoms. The van der Waals surface area contributed by atoms with Crippen molar-refractivity contribution in [1.82, 2.24) is 20.4 Å². The number of hydrogen-bond acceptors (Lipinski definition) is 9. The van der Waals surface area contributed by atoms with E-state index in [9.17, 15) is 0 Å². The molecule has 2 heterocycles. The molecule has 0 aliphatic heterocycles. The number of rotatable bonds is 6. The molecule has 0 amide bonds. The van der Waals surface area contributed by atoms with Crippen LogP contribution in [0.1, 0.15) is 18.1 Å². The number of nitrogens with one attached hydrogen (secondary N) is 1. The summed E-state index contributed by atoms with van der Waals surface area (Å²) in [5.74, 6) is 1.83. The molecule has 1 N–H and O–H groups in total. The fourth-order valence-electron chi connectivity index (χ4n) is 1.81. The van der Waals surface area contributed by atoms with E-state index in [2.05, 4.69) is 25.7 Å². The van der Waals surface area contributed by atoms with Crippen molar-refractivity contribution < 1.29 is 9.15 Å². The van der Waals surface area contributed by atoms with Crippen LogP contribution < -0.4 is 10.1 Å². The van der Waals surface area contributed by atoms with Crippen molar-refractivity contribution in [3.05, 3.63) is 30.2 Å². The lowest BCUT2D eigenvalue weighted by Gasteiger charge is -2.02. The normalized spacial score (nSPS) is 12.1. The third-order valence-corrected chi connectivity index (χ3v) is 5.14. The fourth-order valence-corrected chi connectivity index (χ4v) is 3.69. The number of benzene rings is 1. The molecule has 1 atom stereocenters. The fraction of sp³-hybridized carbons (Fsp3) is 0.286. The Labute approximate surface area is 141 Å². The summed E-state index contributed by atoms with van der Waals surface area (Å²) in [5.41, 5.74) is 0.857. The molecule has 0 aliphatic rings. The molecule has 1 unspecified atom stereocenters. The molecule has 0 bridgehead atoms. The van der Waals surface area contributed by atoms with E-state index < -0.39 is 0 Å². The van der Waals surface area contributed by atoms with Crippen molar-refractivity contribution in [3.8, 4) is 17.2 Å². The van der Waals surface area contributed by atoms with E-state index in [1.165, 1.54) is 23.1 Å². The molecule has 1 aromatic carbocycles. The zero-order valence-electron chi connectivity index (χ0n) is 12.8. The average Bonchev–Trinajstić information content (AvgIpc) is 3.24. The zero-order valence-corrected chi connectivity index (χ0v) is 14.4. The maximum atomic E-state index is 5.77. The van der Waals surface area contributed by atoms with Crippen LogP contribution in [0.3, 0.4) is 0 Å². The zero-order chi connectivity index (χ0) is 16.2. The van der Waals surface area contributed by atoms with Crippen LogP contribution in [-0.2, 0) is 0 Å². The first kappa shape index (κ1) is 15.8. The largest absolute Gasteiger partial charge is 0.497 e. The van der Waals surface area contributed by atoms with Gasteiger partial charge in [0.15, 0.2) is 4.34 Å². The molecule has 0 saturated carbocycles. The van der Waals surface area contributed by atoms with Crippen LogP contribution in [0.2, 0.25) is 0 Å². The van der Waals surface area contributed by atoms with Gasteiger partial charge in [0.2, 0.25) is 16.9 Å². The molecule has 3 aromatic rings. The number of aromatic nitrogens is 4. The predicted molar refractivity (Wildman–Crippen MR) is 90.0 cm³/mol. The second-order valence-corrected chi connectivity index (χ2v) is 7.12. The van der Waals surface area contributed by atoms with E-state index >= 15 is 0 Å². The third-order valence-electron chi connectivity index (χ3n) is 3.02. The molecule has 0 fully saturated rings. The van der Waals surface area contributed by atoms with Crippen molar-refractivity contribution in [1.29, 1.82) is 0 Å². The average molecular weight is 349 g/mol. The van der Waals surface area contributed by atoms with E-state index in [0.29, 0.717) is 11.8 Å². The van der Waals surface area contributed by atoms with Gasteiger partial charge < -0.3 is 14.5 Å². The van der Waals surface area contributed by atoms with Crippen LogP contribution in [0.25, 0.3) is 11.5 Å². The van der Waals surface area contributed by atoms with Crippen LogP contribution in [0.15, 0.2) is 33.0 Å². The van der Waals surface area contributed by atoms with Crippen molar-refractivity contribution in [2.24, 2.45) is 0 Å². The van der Waals surface area contributed by atoms with Gasteiger partial charge >= 0.3 is 0 Å². The molecule has 0 aliphatic carbocycles. The number of methoxy groups -OCH3 is 1. The standard InChI is InChI=1S/C14H15N5O2S2/c1-8(22-14-19-18-13(15-2)23-14)11-16-17-12(21-11)9-4-6-10(20-3)7-5-9/h4-8H,1-3H3,(H,15,18). The van der Waals surface area contributed by atoms with Gasteiger partial charge in [-0.05, 0) is 31.2 Å².